The van der Waals surface area contributed by atoms with E-state index in [1.807, 2.05) is 19.1 Å². The maximum Gasteiger partial charge on any atom is 0.117 e. The highest BCUT2D eigenvalue weighted by Gasteiger charge is 2.26. The summed E-state index contributed by atoms with van der Waals surface area (Å²) in [4.78, 5) is 0. The third-order valence-electron chi connectivity index (χ3n) is 3.02. The fourth-order valence-corrected chi connectivity index (χ4v) is 2.17. The summed E-state index contributed by atoms with van der Waals surface area (Å²) in [6.07, 6.45) is 3.30. The molecule has 3 heteroatoms. The van der Waals surface area contributed by atoms with E-state index in [1.54, 1.807) is 0 Å². The highest BCUT2D eigenvalue weighted by Crippen LogP contribution is 2.25. The number of nitrogens with zero attached hydrogens (tertiary/aromatic N) is 1. The number of nitrogens with one attached hydrogen (secondary N) is 1. The van der Waals surface area contributed by atoms with Gasteiger partial charge in [0, 0.05) is 6.04 Å². The highest BCUT2D eigenvalue weighted by atomic mass is 16.3. The first kappa shape index (κ1) is 10.3. The molecule has 0 bridgehead atoms. The molecule has 0 radical (unpaired) electrons. The van der Waals surface area contributed by atoms with Crippen LogP contribution in [0.4, 0.5) is 0 Å². The van der Waals surface area contributed by atoms with Crippen LogP contribution in [0.3, 0.4) is 0 Å². The predicted octanol–water partition coefficient (Wildman–Crippen LogP) is 2.37. The van der Waals surface area contributed by atoms with Gasteiger partial charge in [0.1, 0.15) is 11.5 Å². The van der Waals surface area contributed by atoms with Crippen LogP contribution in [0.5, 0.6) is 0 Å². The normalized spacial score (nSPS) is 25.3. The average molecular weight is 204 g/mol. The first-order valence-corrected chi connectivity index (χ1v) is 5.48. The zero-order valence-electron chi connectivity index (χ0n) is 8.99. The molecular formula is C12H16N2O. The molecule has 0 saturated heterocycles. The van der Waals surface area contributed by atoms with Gasteiger partial charge in [-0.25, -0.2) is 0 Å². The molecule has 1 saturated carbocycles. The van der Waals surface area contributed by atoms with E-state index in [2.05, 4.69) is 11.4 Å². The fourth-order valence-electron chi connectivity index (χ4n) is 2.17. The van der Waals surface area contributed by atoms with Crippen LogP contribution >= 0.6 is 0 Å². The van der Waals surface area contributed by atoms with Crippen LogP contribution < -0.4 is 5.32 Å². The van der Waals surface area contributed by atoms with E-state index < -0.39 is 0 Å². The van der Waals surface area contributed by atoms with Gasteiger partial charge in [0.05, 0.1) is 18.5 Å². The van der Waals surface area contributed by atoms with Crippen molar-refractivity contribution < 1.29 is 4.42 Å². The second-order valence-electron chi connectivity index (χ2n) is 4.17. The number of aryl methyl sites for hydroxylation is 1. The molecule has 3 nitrogen and oxygen atoms in total. The first-order valence-electron chi connectivity index (χ1n) is 5.48. The lowest BCUT2D eigenvalue weighted by Gasteiger charge is -2.14. The molecule has 1 aliphatic rings. The standard InChI is InChI=1S/C12H16N2O/c1-9-5-6-11(15-9)8-14-12-4-2-3-10(12)7-13/h5-6,10,12,14H,2-4,8H2,1H3. The molecule has 80 valence electrons. The summed E-state index contributed by atoms with van der Waals surface area (Å²) in [7, 11) is 0. The van der Waals surface area contributed by atoms with Crippen LogP contribution in [0.15, 0.2) is 16.5 Å². The molecule has 1 aromatic rings. The molecule has 0 amide bonds. The van der Waals surface area contributed by atoms with Crippen molar-refractivity contribution in [1.29, 1.82) is 5.26 Å². The van der Waals surface area contributed by atoms with Crippen LogP contribution in [-0.4, -0.2) is 6.04 Å². The fraction of sp³-hybridized carbons (Fsp3) is 0.583. The van der Waals surface area contributed by atoms with Crippen LogP contribution in [0.25, 0.3) is 0 Å². The van der Waals surface area contributed by atoms with Gasteiger partial charge in [0.15, 0.2) is 0 Å². The Morgan fingerprint density at radius 3 is 3.07 bits per heavy atom. The molecule has 1 aliphatic carbocycles. The van der Waals surface area contributed by atoms with Crippen molar-refractivity contribution >= 4 is 0 Å². The minimum absolute atomic E-state index is 0.182. The number of hydrogen-bond donors (Lipinski definition) is 1. The Kier molecular flexibility index (Phi) is 3.08. The monoisotopic (exact) mass is 204 g/mol. The number of rotatable bonds is 3. The van der Waals surface area contributed by atoms with E-state index in [4.69, 9.17) is 9.68 Å². The Hall–Kier alpha value is -1.27. The lowest BCUT2D eigenvalue weighted by atomic mass is 10.1. The van der Waals surface area contributed by atoms with Crippen molar-refractivity contribution in [3.8, 4) is 6.07 Å². The van der Waals surface area contributed by atoms with Gasteiger partial charge in [0.25, 0.3) is 0 Å². The van der Waals surface area contributed by atoms with Gasteiger partial charge < -0.3 is 9.73 Å². The van der Waals surface area contributed by atoms with Gasteiger partial charge >= 0.3 is 0 Å². The molecule has 1 N–H and O–H groups in total. The van der Waals surface area contributed by atoms with E-state index in [-0.39, 0.29) is 5.92 Å². The van der Waals surface area contributed by atoms with Gasteiger partial charge in [-0.2, -0.15) is 5.26 Å². The molecule has 1 fully saturated rings. The molecule has 0 aromatic carbocycles. The molecule has 0 aliphatic heterocycles. The van der Waals surface area contributed by atoms with Gasteiger partial charge in [-0.05, 0) is 31.9 Å². The molecule has 2 rings (SSSR count). The van der Waals surface area contributed by atoms with E-state index in [0.717, 1.165) is 37.3 Å². The molecule has 2 unspecified atom stereocenters. The number of furan rings is 1. The third-order valence-corrected chi connectivity index (χ3v) is 3.02. The number of hydrogen-bond acceptors (Lipinski definition) is 3. The zero-order valence-corrected chi connectivity index (χ0v) is 8.99. The summed E-state index contributed by atoms with van der Waals surface area (Å²) in [6, 6.07) is 6.66. The Bertz CT molecular complexity index is 364. The maximum atomic E-state index is 8.92. The second kappa shape index (κ2) is 4.50. The molecule has 1 aromatic heterocycles. The minimum atomic E-state index is 0.182. The Morgan fingerprint density at radius 1 is 1.53 bits per heavy atom. The summed E-state index contributed by atoms with van der Waals surface area (Å²) in [5.41, 5.74) is 0. The molecule has 1 heterocycles. The quantitative estimate of drug-likeness (QED) is 0.822. The zero-order chi connectivity index (χ0) is 10.7. The smallest absolute Gasteiger partial charge is 0.117 e. The van der Waals surface area contributed by atoms with Crippen molar-refractivity contribution in [3.63, 3.8) is 0 Å². The van der Waals surface area contributed by atoms with E-state index in [0.29, 0.717) is 6.04 Å². The van der Waals surface area contributed by atoms with Gasteiger partial charge in [-0.15, -0.1) is 0 Å². The molecular weight excluding hydrogens is 188 g/mol. The van der Waals surface area contributed by atoms with E-state index in [1.165, 1.54) is 0 Å². The minimum Gasteiger partial charge on any atom is -0.465 e. The second-order valence-corrected chi connectivity index (χ2v) is 4.17. The Balaban J connectivity index is 1.85. The molecule has 0 spiro atoms. The summed E-state index contributed by atoms with van der Waals surface area (Å²) >= 11 is 0. The summed E-state index contributed by atoms with van der Waals surface area (Å²) in [5.74, 6) is 2.08. The summed E-state index contributed by atoms with van der Waals surface area (Å²) in [6.45, 7) is 2.67. The third kappa shape index (κ3) is 2.40. The van der Waals surface area contributed by atoms with Crippen molar-refractivity contribution in [3.05, 3.63) is 23.7 Å². The topological polar surface area (TPSA) is 49.0 Å². The van der Waals surface area contributed by atoms with Gasteiger partial charge in [-0.3, -0.25) is 0 Å². The summed E-state index contributed by atoms with van der Waals surface area (Å²) in [5, 5.41) is 12.3. The van der Waals surface area contributed by atoms with Crippen molar-refractivity contribution in [2.45, 2.75) is 38.8 Å². The first-order chi connectivity index (χ1) is 7.29. The number of nitriles is 1. The van der Waals surface area contributed by atoms with Crippen LogP contribution in [-0.2, 0) is 6.54 Å². The molecule has 2 atom stereocenters. The van der Waals surface area contributed by atoms with Gasteiger partial charge in [-0.1, -0.05) is 6.42 Å². The van der Waals surface area contributed by atoms with Gasteiger partial charge in [0.2, 0.25) is 0 Å². The largest absolute Gasteiger partial charge is 0.465 e. The van der Waals surface area contributed by atoms with Crippen LogP contribution in [0, 0.1) is 24.2 Å². The van der Waals surface area contributed by atoms with E-state index >= 15 is 0 Å². The highest BCUT2D eigenvalue weighted by molar-refractivity contribution is 5.06. The van der Waals surface area contributed by atoms with Crippen molar-refractivity contribution in [2.75, 3.05) is 0 Å². The van der Waals surface area contributed by atoms with E-state index in [9.17, 15) is 0 Å². The maximum absolute atomic E-state index is 8.92. The Labute approximate surface area is 90.1 Å². The average Bonchev–Trinajstić information content (AvgIpc) is 2.83. The van der Waals surface area contributed by atoms with Crippen LogP contribution in [0.2, 0.25) is 0 Å². The summed E-state index contributed by atoms with van der Waals surface area (Å²) < 4.78 is 5.47. The van der Waals surface area contributed by atoms with Crippen molar-refractivity contribution in [2.24, 2.45) is 5.92 Å². The Morgan fingerprint density at radius 2 is 2.40 bits per heavy atom. The van der Waals surface area contributed by atoms with Crippen molar-refractivity contribution in [1.82, 2.24) is 5.32 Å². The van der Waals surface area contributed by atoms with Crippen LogP contribution in [0.1, 0.15) is 30.8 Å². The lowest BCUT2D eigenvalue weighted by molar-refractivity contribution is 0.411. The molecule has 15 heavy (non-hydrogen) atoms. The predicted molar refractivity (Wildman–Crippen MR) is 57.0 cm³/mol. The lowest BCUT2D eigenvalue weighted by Crippen LogP contribution is -2.31. The SMILES string of the molecule is Cc1ccc(CNC2CCCC2C#N)o1.